The van der Waals surface area contributed by atoms with Crippen molar-refractivity contribution in [2.75, 3.05) is 13.6 Å². The third kappa shape index (κ3) is 1.10. The molecule has 3 nitrogen and oxygen atoms in total. The summed E-state index contributed by atoms with van der Waals surface area (Å²) in [7, 11) is 1.80. The van der Waals surface area contributed by atoms with Crippen molar-refractivity contribution < 1.29 is 9.59 Å². The maximum Gasteiger partial charge on any atom is 0.236 e. The molecule has 0 radical (unpaired) electrons. The van der Waals surface area contributed by atoms with Crippen molar-refractivity contribution in [3.8, 4) is 0 Å². The third-order valence-electron chi connectivity index (χ3n) is 3.39. The molecule has 2 fully saturated rings. The standard InChI is InChI=1S/C10H15NO2/c1-11-7-3-6-10(9(11)13)5-2-4-8(10)12/h2-7H2,1H3. The average Bonchev–Trinajstić information content (AvgIpc) is 2.45. The van der Waals surface area contributed by atoms with Crippen LogP contribution in [0.3, 0.4) is 0 Å². The van der Waals surface area contributed by atoms with Gasteiger partial charge in [-0.25, -0.2) is 0 Å². The van der Waals surface area contributed by atoms with Crippen LogP contribution in [0, 0.1) is 5.41 Å². The number of carbonyl (C=O) groups is 2. The molecule has 13 heavy (non-hydrogen) atoms. The quantitative estimate of drug-likeness (QED) is 0.522. The van der Waals surface area contributed by atoms with E-state index in [0.717, 1.165) is 32.2 Å². The molecule has 1 unspecified atom stereocenters. The SMILES string of the molecule is CN1CCCC2(CCCC2=O)C1=O. The minimum atomic E-state index is -0.590. The van der Waals surface area contributed by atoms with Crippen molar-refractivity contribution in [2.24, 2.45) is 5.41 Å². The molecule has 1 saturated heterocycles. The maximum absolute atomic E-state index is 11.9. The summed E-state index contributed by atoms with van der Waals surface area (Å²) < 4.78 is 0. The van der Waals surface area contributed by atoms with Gasteiger partial charge in [-0.3, -0.25) is 9.59 Å². The number of amides is 1. The van der Waals surface area contributed by atoms with Crippen molar-refractivity contribution >= 4 is 11.7 Å². The van der Waals surface area contributed by atoms with E-state index in [9.17, 15) is 9.59 Å². The Kier molecular flexibility index (Phi) is 1.90. The van der Waals surface area contributed by atoms with Crippen LogP contribution < -0.4 is 0 Å². The van der Waals surface area contributed by atoms with E-state index in [0.29, 0.717) is 6.42 Å². The summed E-state index contributed by atoms with van der Waals surface area (Å²) in [6, 6.07) is 0. The lowest BCUT2D eigenvalue weighted by molar-refractivity contribution is -0.150. The minimum Gasteiger partial charge on any atom is -0.345 e. The summed E-state index contributed by atoms with van der Waals surface area (Å²) in [5, 5.41) is 0. The van der Waals surface area contributed by atoms with Gasteiger partial charge >= 0.3 is 0 Å². The predicted octanol–water partition coefficient (Wildman–Crippen LogP) is 0.978. The highest BCUT2D eigenvalue weighted by atomic mass is 16.2. The molecule has 0 bridgehead atoms. The molecule has 1 heterocycles. The second-order valence-corrected chi connectivity index (χ2v) is 4.19. The summed E-state index contributed by atoms with van der Waals surface area (Å²) in [6.45, 7) is 0.813. The van der Waals surface area contributed by atoms with Gasteiger partial charge in [-0.1, -0.05) is 0 Å². The number of hydrogen-bond donors (Lipinski definition) is 0. The van der Waals surface area contributed by atoms with E-state index < -0.39 is 5.41 Å². The molecule has 0 aromatic heterocycles. The van der Waals surface area contributed by atoms with Gasteiger partial charge in [0.2, 0.25) is 5.91 Å². The summed E-state index contributed by atoms with van der Waals surface area (Å²) in [5.74, 6) is 0.255. The molecule has 1 saturated carbocycles. The van der Waals surface area contributed by atoms with Crippen LogP contribution in [0.1, 0.15) is 32.1 Å². The fourth-order valence-corrected chi connectivity index (χ4v) is 2.61. The smallest absolute Gasteiger partial charge is 0.236 e. The van der Waals surface area contributed by atoms with Gasteiger partial charge in [0.15, 0.2) is 0 Å². The van der Waals surface area contributed by atoms with Crippen LogP contribution in [0.5, 0.6) is 0 Å². The molecule has 0 aromatic rings. The predicted molar refractivity (Wildman–Crippen MR) is 48.2 cm³/mol. The molecule has 0 N–H and O–H groups in total. The van der Waals surface area contributed by atoms with E-state index in [1.807, 2.05) is 0 Å². The van der Waals surface area contributed by atoms with Gasteiger partial charge < -0.3 is 4.90 Å². The monoisotopic (exact) mass is 181 g/mol. The number of piperidine rings is 1. The van der Waals surface area contributed by atoms with Gasteiger partial charge in [0, 0.05) is 20.0 Å². The molecule has 72 valence electrons. The Balaban J connectivity index is 2.29. The van der Waals surface area contributed by atoms with Gasteiger partial charge in [0.1, 0.15) is 11.2 Å². The average molecular weight is 181 g/mol. The van der Waals surface area contributed by atoms with Crippen LogP contribution in [-0.4, -0.2) is 30.2 Å². The first-order valence-electron chi connectivity index (χ1n) is 4.96. The zero-order valence-electron chi connectivity index (χ0n) is 8.01. The normalized spacial score (nSPS) is 34.7. The summed E-state index contributed by atoms with van der Waals surface area (Å²) in [6.07, 6.45) is 4.07. The topological polar surface area (TPSA) is 37.4 Å². The van der Waals surface area contributed by atoms with Gasteiger partial charge in [-0.05, 0) is 25.7 Å². The number of nitrogens with zero attached hydrogens (tertiary/aromatic N) is 1. The Hall–Kier alpha value is -0.860. The van der Waals surface area contributed by atoms with E-state index in [-0.39, 0.29) is 11.7 Å². The molecule has 1 atom stereocenters. The zero-order chi connectivity index (χ0) is 9.47. The van der Waals surface area contributed by atoms with Crippen molar-refractivity contribution in [3.05, 3.63) is 0 Å². The van der Waals surface area contributed by atoms with Gasteiger partial charge in [-0.2, -0.15) is 0 Å². The van der Waals surface area contributed by atoms with Crippen molar-refractivity contribution in [3.63, 3.8) is 0 Å². The number of hydrogen-bond acceptors (Lipinski definition) is 2. The van der Waals surface area contributed by atoms with Gasteiger partial charge in [-0.15, -0.1) is 0 Å². The van der Waals surface area contributed by atoms with Crippen LogP contribution in [0.25, 0.3) is 0 Å². The van der Waals surface area contributed by atoms with Gasteiger partial charge in [0.25, 0.3) is 0 Å². The van der Waals surface area contributed by atoms with Gasteiger partial charge in [0.05, 0.1) is 0 Å². The van der Waals surface area contributed by atoms with E-state index in [1.165, 1.54) is 0 Å². The fraction of sp³-hybridized carbons (Fsp3) is 0.800. The largest absolute Gasteiger partial charge is 0.345 e. The Morgan fingerprint density at radius 1 is 1.23 bits per heavy atom. The highest BCUT2D eigenvalue weighted by Crippen LogP contribution is 2.42. The van der Waals surface area contributed by atoms with E-state index in [2.05, 4.69) is 0 Å². The molecule has 1 aliphatic heterocycles. The van der Waals surface area contributed by atoms with Crippen LogP contribution in [0.2, 0.25) is 0 Å². The van der Waals surface area contributed by atoms with Crippen LogP contribution >= 0.6 is 0 Å². The third-order valence-corrected chi connectivity index (χ3v) is 3.39. The maximum atomic E-state index is 11.9. The highest BCUT2D eigenvalue weighted by molar-refractivity contribution is 6.07. The Morgan fingerprint density at radius 2 is 1.92 bits per heavy atom. The lowest BCUT2D eigenvalue weighted by atomic mass is 9.77. The fourth-order valence-electron chi connectivity index (χ4n) is 2.61. The Bertz CT molecular complexity index is 262. The molecule has 1 aliphatic carbocycles. The number of likely N-dealkylation sites (tertiary alicyclic amines) is 1. The number of carbonyl (C=O) groups excluding carboxylic acids is 2. The highest BCUT2D eigenvalue weighted by Gasteiger charge is 2.50. The zero-order valence-corrected chi connectivity index (χ0v) is 8.01. The molecule has 1 amide bonds. The Morgan fingerprint density at radius 3 is 2.54 bits per heavy atom. The van der Waals surface area contributed by atoms with E-state index in [4.69, 9.17) is 0 Å². The lowest BCUT2D eigenvalue weighted by Crippen LogP contribution is -2.49. The summed E-state index contributed by atoms with van der Waals surface area (Å²) in [4.78, 5) is 25.2. The van der Waals surface area contributed by atoms with Crippen molar-refractivity contribution in [2.45, 2.75) is 32.1 Å². The van der Waals surface area contributed by atoms with E-state index >= 15 is 0 Å². The molecule has 1 spiro atoms. The second kappa shape index (κ2) is 2.82. The van der Waals surface area contributed by atoms with Crippen molar-refractivity contribution in [1.82, 2.24) is 4.90 Å². The lowest BCUT2D eigenvalue weighted by Gasteiger charge is -2.36. The second-order valence-electron chi connectivity index (χ2n) is 4.19. The number of Topliss-reactive ketones (excluding diaryl/α,β-unsaturated/α-hetero) is 1. The number of ketones is 1. The first kappa shape index (κ1) is 8.73. The van der Waals surface area contributed by atoms with Crippen molar-refractivity contribution in [1.29, 1.82) is 0 Å². The van der Waals surface area contributed by atoms with Crippen LogP contribution in [-0.2, 0) is 9.59 Å². The molecular weight excluding hydrogens is 166 g/mol. The van der Waals surface area contributed by atoms with Crippen LogP contribution in [0.15, 0.2) is 0 Å². The molecule has 3 heteroatoms. The molecule has 2 rings (SSSR count). The first-order valence-corrected chi connectivity index (χ1v) is 4.96. The minimum absolute atomic E-state index is 0.0706. The molecular formula is C10H15NO2. The van der Waals surface area contributed by atoms with Crippen LogP contribution in [0.4, 0.5) is 0 Å². The number of rotatable bonds is 0. The summed E-state index contributed by atoms with van der Waals surface area (Å²) in [5.41, 5.74) is -0.590. The van der Waals surface area contributed by atoms with E-state index in [1.54, 1.807) is 11.9 Å². The summed E-state index contributed by atoms with van der Waals surface area (Å²) >= 11 is 0. The Labute approximate surface area is 78.1 Å². The molecule has 0 aromatic carbocycles. The first-order chi connectivity index (χ1) is 6.17. The molecule has 2 aliphatic rings.